The number of nitrogens with zero attached hydrogens (tertiary/aromatic N) is 1. The van der Waals surface area contributed by atoms with Crippen molar-refractivity contribution < 1.29 is 19.1 Å². The molecule has 2 amide bonds. The highest BCUT2D eigenvalue weighted by Crippen LogP contribution is 2.29. The van der Waals surface area contributed by atoms with Crippen molar-refractivity contribution in [2.45, 2.75) is 76.5 Å². The van der Waals surface area contributed by atoms with Crippen LogP contribution in [0.25, 0.3) is 10.9 Å². The zero-order valence-electron chi connectivity index (χ0n) is 21.8. The number of H-pyrrole nitrogens is 1. The lowest BCUT2D eigenvalue weighted by atomic mass is 9.74. The number of aromatic nitrogens is 1. The van der Waals surface area contributed by atoms with Crippen molar-refractivity contribution in [2.75, 3.05) is 13.1 Å². The Balaban J connectivity index is 1.37. The number of ether oxygens (including phenoxy) is 1. The number of benzene rings is 1. The summed E-state index contributed by atoms with van der Waals surface area (Å²) in [4.78, 5) is 43.5. The first-order chi connectivity index (χ1) is 17.4. The Kier molecular flexibility index (Phi) is 7.99. The minimum absolute atomic E-state index is 0.171. The normalized spacial score (nSPS) is 23.4. The van der Waals surface area contributed by atoms with Gasteiger partial charge in [-0.1, -0.05) is 30.5 Å². The predicted octanol–water partition coefficient (Wildman–Crippen LogP) is 4.96. The van der Waals surface area contributed by atoms with Crippen LogP contribution in [0.5, 0.6) is 0 Å². The van der Waals surface area contributed by atoms with E-state index in [-0.39, 0.29) is 23.7 Å². The number of rotatable bonds is 5. The number of amides is 2. The number of fused-ring (bicyclic) bond motifs is 1. The van der Waals surface area contributed by atoms with Gasteiger partial charge in [0.2, 0.25) is 0 Å². The molecule has 4 N–H and O–H groups in total. The maximum absolute atomic E-state index is 13.3. The molecule has 1 aromatic carbocycles. The third kappa shape index (κ3) is 6.54. The molecule has 8 nitrogen and oxygen atoms in total. The van der Waals surface area contributed by atoms with Crippen LogP contribution in [0.2, 0.25) is 5.02 Å². The Bertz CT molecular complexity index is 1190. The first-order valence-corrected chi connectivity index (χ1v) is 13.4. The molecule has 2 aliphatic rings. The highest BCUT2D eigenvalue weighted by molar-refractivity contribution is 6.31. The van der Waals surface area contributed by atoms with Crippen LogP contribution in [0.4, 0.5) is 4.79 Å². The van der Waals surface area contributed by atoms with E-state index in [2.05, 4.69) is 10.3 Å². The molecule has 2 heterocycles. The van der Waals surface area contributed by atoms with E-state index in [0.717, 1.165) is 36.6 Å². The van der Waals surface area contributed by atoms with Crippen molar-refractivity contribution in [3.63, 3.8) is 0 Å². The van der Waals surface area contributed by atoms with Crippen LogP contribution in [0.3, 0.4) is 0 Å². The minimum Gasteiger partial charge on any atom is -0.444 e. The van der Waals surface area contributed by atoms with Crippen LogP contribution in [0.1, 0.15) is 69.8 Å². The fourth-order valence-corrected chi connectivity index (χ4v) is 5.32. The first-order valence-electron chi connectivity index (χ1n) is 13.0. The van der Waals surface area contributed by atoms with Crippen LogP contribution in [0, 0.1) is 5.92 Å². The lowest BCUT2D eigenvalue weighted by Gasteiger charge is -2.39. The molecular weight excluding hydrogens is 492 g/mol. The zero-order chi connectivity index (χ0) is 26.8. The van der Waals surface area contributed by atoms with E-state index in [4.69, 9.17) is 22.1 Å². The third-order valence-corrected chi connectivity index (χ3v) is 7.49. The van der Waals surface area contributed by atoms with Gasteiger partial charge in [0.05, 0.1) is 11.6 Å². The molecule has 37 heavy (non-hydrogen) atoms. The van der Waals surface area contributed by atoms with Crippen LogP contribution >= 0.6 is 11.6 Å². The van der Waals surface area contributed by atoms with Crippen molar-refractivity contribution in [1.29, 1.82) is 0 Å². The lowest BCUT2D eigenvalue weighted by Crippen LogP contribution is -2.64. The van der Waals surface area contributed by atoms with E-state index in [9.17, 15) is 14.4 Å². The molecule has 1 aliphatic heterocycles. The molecule has 1 saturated carbocycles. The predicted molar refractivity (Wildman–Crippen MR) is 145 cm³/mol. The molecule has 2 fully saturated rings. The second kappa shape index (κ2) is 10.9. The Morgan fingerprint density at radius 2 is 1.89 bits per heavy atom. The summed E-state index contributed by atoms with van der Waals surface area (Å²) >= 11 is 6.07. The van der Waals surface area contributed by atoms with Crippen molar-refractivity contribution in [3.8, 4) is 0 Å². The molecule has 2 unspecified atom stereocenters. The average Bonchev–Trinajstić information content (AvgIpc) is 3.26. The minimum atomic E-state index is -1.16. The monoisotopic (exact) mass is 528 g/mol. The van der Waals surface area contributed by atoms with E-state index in [1.54, 1.807) is 29.2 Å². The van der Waals surface area contributed by atoms with Gasteiger partial charge in [0.25, 0.3) is 5.91 Å². The summed E-state index contributed by atoms with van der Waals surface area (Å²) in [6, 6.07) is 6.68. The molecule has 1 aliphatic carbocycles. The number of carbonyl (C=O) groups is 3. The highest BCUT2D eigenvalue weighted by Gasteiger charge is 2.43. The number of allylic oxidation sites excluding steroid dienone is 1. The number of halogens is 1. The van der Waals surface area contributed by atoms with Gasteiger partial charge < -0.3 is 25.7 Å². The number of piperidine rings is 1. The molecule has 4 rings (SSSR count). The number of hydrogen-bond acceptors (Lipinski definition) is 5. The van der Waals surface area contributed by atoms with Gasteiger partial charge in [-0.25, -0.2) is 4.79 Å². The summed E-state index contributed by atoms with van der Waals surface area (Å²) in [6.07, 6.45) is 7.60. The molecular formula is C28H37ClN4O4. The summed E-state index contributed by atoms with van der Waals surface area (Å²) in [6.45, 7) is 6.73. The molecule has 9 heteroatoms. The van der Waals surface area contributed by atoms with Crippen molar-refractivity contribution in [1.82, 2.24) is 15.2 Å². The van der Waals surface area contributed by atoms with Gasteiger partial charge >= 0.3 is 6.09 Å². The van der Waals surface area contributed by atoms with Crippen LogP contribution in [-0.2, 0) is 9.53 Å². The topological polar surface area (TPSA) is 118 Å². The van der Waals surface area contributed by atoms with Gasteiger partial charge in [-0.2, -0.15) is 0 Å². The van der Waals surface area contributed by atoms with Crippen LogP contribution in [0.15, 0.2) is 36.4 Å². The number of hydrogen-bond donors (Lipinski definition) is 3. The summed E-state index contributed by atoms with van der Waals surface area (Å²) in [5.74, 6) is -0.281. The molecule has 200 valence electrons. The summed E-state index contributed by atoms with van der Waals surface area (Å²) in [5, 5.41) is 4.46. The van der Waals surface area contributed by atoms with E-state index < -0.39 is 17.2 Å². The maximum Gasteiger partial charge on any atom is 0.410 e. The van der Waals surface area contributed by atoms with Gasteiger partial charge in [-0.3, -0.25) is 9.59 Å². The first kappa shape index (κ1) is 27.2. The van der Waals surface area contributed by atoms with E-state index >= 15 is 0 Å². The Morgan fingerprint density at radius 1 is 1.16 bits per heavy atom. The summed E-state index contributed by atoms with van der Waals surface area (Å²) < 4.78 is 5.46. The van der Waals surface area contributed by atoms with E-state index in [1.165, 1.54) is 0 Å². The van der Waals surface area contributed by atoms with E-state index in [0.29, 0.717) is 36.6 Å². The third-order valence-electron chi connectivity index (χ3n) is 7.26. The fourth-order valence-electron chi connectivity index (χ4n) is 5.14. The van der Waals surface area contributed by atoms with Crippen molar-refractivity contribution >= 4 is 40.3 Å². The molecule has 1 aromatic heterocycles. The van der Waals surface area contributed by atoms with Gasteiger partial charge in [-0.15, -0.1) is 0 Å². The zero-order valence-corrected chi connectivity index (χ0v) is 22.6. The van der Waals surface area contributed by atoms with Gasteiger partial charge in [0.1, 0.15) is 11.3 Å². The largest absolute Gasteiger partial charge is 0.444 e. The van der Waals surface area contributed by atoms with Gasteiger partial charge in [0.15, 0.2) is 5.78 Å². The molecule has 2 atom stereocenters. The molecule has 1 saturated heterocycles. The summed E-state index contributed by atoms with van der Waals surface area (Å²) in [7, 11) is 0. The Hall–Kier alpha value is -2.84. The van der Waals surface area contributed by atoms with Crippen LogP contribution < -0.4 is 11.1 Å². The Labute approximate surface area is 222 Å². The second-order valence-electron chi connectivity index (χ2n) is 11.3. The number of carbonyl (C=O) groups excluding carboxylic acids is 3. The number of nitrogens with two attached hydrogens (primary N) is 1. The standard InChI is InChI=1S/C28H37ClN4O4/c1-27(2,3)37-26(36)33-14-11-18(12-15-33)7-10-24(34)28(30)13-5-4-6-23(28)32-25(35)22-17-19-16-20(29)8-9-21(19)31-22/h7-10,16-18,23,31H,4-6,11-15,30H2,1-3H3,(H,32,35)/b10-7+. The summed E-state index contributed by atoms with van der Waals surface area (Å²) in [5.41, 5.74) is 6.23. The van der Waals surface area contributed by atoms with Crippen molar-refractivity contribution in [3.05, 3.63) is 47.1 Å². The smallest absolute Gasteiger partial charge is 0.410 e. The number of ketones is 1. The van der Waals surface area contributed by atoms with Gasteiger partial charge in [0, 0.05) is 29.0 Å². The number of nitrogens with one attached hydrogen (secondary N) is 2. The average molecular weight is 529 g/mol. The SMILES string of the molecule is CC(C)(C)OC(=O)N1CCC(/C=C/C(=O)C2(N)CCCCC2NC(=O)c2cc3cc(Cl)ccc3[nH]2)CC1. The molecule has 0 radical (unpaired) electrons. The molecule has 0 bridgehead atoms. The van der Waals surface area contributed by atoms with Crippen molar-refractivity contribution in [2.24, 2.45) is 11.7 Å². The number of likely N-dealkylation sites (tertiary alicyclic amines) is 1. The number of aromatic amines is 1. The second-order valence-corrected chi connectivity index (χ2v) is 11.7. The lowest BCUT2D eigenvalue weighted by molar-refractivity contribution is -0.121. The maximum atomic E-state index is 13.3. The molecule has 2 aromatic rings. The highest BCUT2D eigenvalue weighted by atomic mass is 35.5. The fraction of sp³-hybridized carbons (Fsp3) is 0.536. The quantitative estimate of drug-likeness (QED) is 0.474. The van der Waals surface area contributed by atoms with Crippen LogP contribution in [-0.4, -0.2) is 57.9 Å². The van der Waals surface area contributed by atoms with Gasteiger partial charge in [-0.05, 0) is 82.7 Å². The van der Waals surface area contributed by atoms with E-state index in [1.807, 2.05) is 32.9 Å². The Morgan fingerprint density at radius 3 is 2.59 bits per heavy atom. The molecule has 0 spiro atoms.